The number of rotatable bonds is 3. The van der Waals surface area contributed by atoms with Gasteiger partial charge in [-0.2, -0.15) is 0 Å². The zero-order valence-electron chi connectivity index (χ0n) is 9.11. The van der Waals surface area contributed by atoms with Crippen molar-refractivity contribution in [2.24, 2.45) is 5.73 Å². The molecule has 2 rings (SSSR count). The van der Waals surface area contributed by atoms with Crippen LogP contribution < -0.4 is 5.73 Å². The maximum atomic E-state index is 13.3. The monoisotopic (exact) mass is 250 g/mol. The Balaban J connectivity index is 2.14. The third kappa shape index (κ3) is 3.02. The van der Waals surface area contributed by atoms with Crippen molar-refractivity contribution >= 4 is 11.6 Å². The van der Waals surface area contributed by atoms with E-state index in [0.717, 1.165) is 11.3 Å². The van der Waals surface area contributed by atoms with Gasteiger partial charge in [-0.05, 0) is 29.8 Å². The van der Waals surface area contributed by atoms with Gasteiger partial charge in [0.15, 0.2) is 0 Å². The Morgan fingerprint density at radius 1 is 1.29 bits per heavy atom. The first-order valence-corrected chi connectivity index (χ1v) is 5.65. The second-order valence-electron chi connectivity index (χ2n) is 3.81. The lowest BCUT2D eigenvalue weighted by atomic mass is 10.0. The summed E-state index contributed by atoms with van der Waals surface area (Å²) in [5.74, 6) is -0.444. The predicted octanol–water partition coefficient (Wildman–Crippen LogP) is 3.12. The van der Waals surface area contributed by atoms with Crippen molar-refractivity contribution in [1.82, 2.24) is 4.98 Å². The fourth-order valence-electron chi connectivity index (χ4n) is 1.61. The minimum absolute atomic E-state index is 0.110. The van der Waals surface area contributed by atoms with E-state index in [0.29, 0.717) is 6.42 Å². The smallest absolute Gasteiger partial charge is 0.142 e. The van der Waals surface area contributed by atoms with E-state index >= 15 is 0 Å². The highest BCUT2D eigenvalue weighted by Crippen LogP contribution is 2.20. The molecule has 88 valence electrons. The molecule has 0 saturated carbocycles. The minimum Gasteiger partial charge on any atom is -0.324 e. The second kappa shape index (κ2) is 5.25. The second-order valence-corrected chi connectivity index (χ2v) is 4.21. The molecule has 2 nitrogen and oxygen atoms in total. The Kier molecular flexibility index (Phi) is 3.71. The van der Waals surface area contributed by atoms with Crippen LogP contribution in [0.3, 0.4) is 0 Å². The molecule has 0 amide bonds. The molecule has 0 aliphatic rings. The molecule has 0 bridgehead atoms. The van der Waals surface area contributed by atoms with E-state index in [1.807, 2.05) is 18.2 Å². The summed E-state index contributed by atoms with van der Waals surface area (Å²) in [5, 5.41) is 0.110. The highest BCUT2D eigenvalue weighted by atomic mass is 35.5. The summed E-state index contributed by atoms with van der Waals surface area (Å²) >= 11 is 5.62. The number of aromatic nitrogens is 1. The Labute approximate surface area is 104 Å². The van der Waals surface area contributed by atoms with Gasteiger partial charge in [-0.15, -0.1) is 0 Å². The summed E-state index contributed by atoms with van der Waals surface area (Å²) < 4.78 is 13.3. The third-order valence-corrected chi connectivity index (χ3v) is 2.83. The van der Waals surface area contributed by atoms with Crippen molar-refractivity contribution in [2.75, 3.05) is 0 Å². The highest BCUT2D eigenvalue weighted by molar-refractivity contribution is 6.30. The molecule has 17 heavy (non-hydrogen) atoms. The van der Waals surface area contributed by atoms with Gasteiger partial charge in [-0.1, -0.05) is 23.7 Å². The molecule has 0 fully saturated rings. The SMILES string of the molecule is NC(Cc1ccccn1)c1ccc(Cl)c(F)c1. The highest BCUT2D eigenvalue weighted by Gasteiger charge is 2.10. The summed E-state index contributed by atoms with van der Waals surface area (Å²) in [7, 11) is 0. The summed E-state index contributed by atoms with van der Waals surface area (Å²) in [4.78, 5) is 4.18. The first kappa shape index (κ1) is 12.0. The fourth-order valence-corrected chi connectivity index (χ4v) is 1.72. The average molecular weight is 251 g/mol. The molecule has 1 heterocycles. The maximum absolute atomic E-state index is 13.3. The van der Waals surface area contributed by atoms with E-state index in [4.69, 9.17) is 17.3 Å². The molecule has 1 atom stereocenters. The zero-order valence-corrected chi connectivity index (χ0v) is 9.86. The molecule has 4 heteroatoms. The predicted molar refractivity (Wildman–Crippen MR) is 66.3 cm³/mol. The van der Waals surface area contributed by atoms with Gasteiger partial charge in [0.1, 0.15) is 5.82 Å². The maximum Gasteiger partial charge on any atom is 0.142 e. The van der Waals surface area contributed by atoms with Crippen molar-refractivity contribution in [3.05, 3.63) is 64.7 Å². The van der Waals surface area contributed by atoms with Gasteiger partial charge in [-0.25, -0.2) is 4.39 Å². The zero-order chi connectivity index (χ0) is 12.3. The van der Waals surface area contributed by atoms with Gasteiger partial charge in [0.2, 0.25) is 0 Å². The van der Waals surface area contributed by atoms with Crippen LogP contribution in [0.25, 0.3) is 0 Å². The summed E-state index contributed by atoms with van der Waals surface area (Å²) in [6.07, 6.45) is 2.28. The van der Waals surface area contributed by atoms with Gasteiger partial charge in [0.25, 0.3) is 0 Å². The standard InChI is InChI=1S/C13H12ClFN2/c14-11-5-4-9(7-12(11)15)13(16)8-10-3-1-2-6-17-10/h1-7,13H,8,16H2. The molecule has 2 N–H and O–H groups in total. The first-order valence-electron chi connectivity index (χ1n) is 5.27. The summed E-state index contributed by atoms with van der Waals surface area (Å²) in [6.45, 7) is 0. The van der Waals surface area contributed by atoms with Crippen LogP contribution in [0.15, 0.2) is 42.6 Å². The lowest BCUT2D eigenvalue weighted by molar-refractivity contribution is 0.618. The van der Waals surface area contributed by atoms with Crippen LogP contribution >= 0.6 is 11.6 Å². The molecule has 0 radical (unpaired) electrons. The van der Waals surface area contributed by atoms with Crippen LogP contribution in [-0.4, -0.2) is 4.98 Å². The molecule has 0 spiro atoms. The van der Waals surface area contributed by atoms with Crippen molar-refractivity contribution in [2.45, 2.75) is 12.5 Å². The third-order valence-electron chi connectivity index (χ3n) is 2.53. The van der Waals surface area contributed by atoms with Gasteiger partial charge in [-0.3, -0.25) is 4.98 Å². The van der Waals surface area contributed by atoms with E-state index < -0.39 is 5.82 Å². The van der Waals surface area contributed by atoms with Crippen LogP contribution in [0.4, 0.5) is 4.39 Å². The average Bonchev–Trinajstić information content (AvgIpc) is 2.34. The van der Waals surface area contributed by atoms with Crippen LogP contribution in [0.5, 0.6) is 0 Å². The van der Waals surface area contributed by atoms with Crippen LogP contribution in [0, 0.1) is 5.82 Å². The topological polar surface area (TPSA) is 38.9 Å². The normalized spacial score (nSPS) is 12.4. The Morgan fingerprint density at radius 2 is 2.12 bits per heavy atom. The largest absolute Gasteiger partial charge is 0.324 e. The van der Waals surface area contributed by atoms with Gasteiger partial charge < -0.3 is 5.73 Å². The number of hydrogen-bond donors (Lipinski definition) is 1. The molecule has 0 aliphatic carbocycles. The molecule has 1 aromatic carbocycles. The van der Waals surface area contributed by atoms with Crippen LogP contribution in [-0.2, 0) is 6.42 Å². The summed E-state index contributed by atoms with van der Waals surface area (Å²) in [6, 6.07) is 9.98. The van der Waals surface area contributed by atoms with Crippen molar-refractivity contribution in [3.63, 3.8) is 0 Å². The Morgan fingerprint density at radius 3 is 2.76 bits per heavy atom. The molecular weight excluding hydrogens is 239 g/mol. The van der Waals surface area contributed by atoms with E-state index in [2.05, 4.69) is 4.98 Å². The number of halogens is 2. The number of nitrogens with zero attached hydrogens (tertiary/aromatic N) is 1. The molecule has 1 aromatic heterocycles. The quantitative estimate of drug-likeness (QED) is 0.909. The molecule has 0 aliphatic heterocycles. The number of nitrogens with two attached hydrogens (primary N) is 1. The van der Waals surface area contributed by atoms with Gasteiger partial charge in [0, 0.05) is 24.4 Å². The van der Waals surface area contributed by atoms with E-state index in [-0.39, 0.29) is 11.1 Å². The van der Waals surface area contributed by atoms with Crippen LogP contribution in [0.2, 0.25) is 5.02 Å². The lowest BCUT2D eigenvalue weighted by Crippen LogP contribution is -2.14. The first-order chi connectivity index (χ1) is 8.16. The molecular formula is C13H12ClFN2. The Bertz CT molecular complexity index is 502. The van der Waals surface area contributed by atoms with Crippen molar-refractivity contribution in [1.29, 1.82) is 0 Å². The van der Waals surface area contributed by atoms with Crippen molar-refractivity contribution in [3.8, 4) is 0 Å². The fraction of sp³-hybridized carbons (Fsp3) is 0.154. The number of benzene rings is 1. The summed E-state index contributed by atoms with van der Waals surface area (Å²) in [5.41, 5.74) is 7.60. The van der Waals surface area contributed by atoms with Gasteiger partial charge >= 0.3 is 0 Å². The minimum atomic E-state index is -0.444. The van der Waals surface area contributed by atoms with E-state index in [1.165, 1.54) is 12.1 Å². The van der Waals surface area contributed by atoms with E-state index in [1.54, 1.807) is 12.3 Å². The van der Waals surface area contributed by atoms with E-state index in [9.17, 15) is 4.39 Å². The number of pyridine rings is 1. The molecule has 0 saturated heterocycles. The Hall–Kier alpha value is -1.45. The number of hydrogen-bond acceptors (Lipinski definition) is 2. The van der Waals surface area contributed by atoms with Gasteiger partial charge in [0.05, 0.1) is 5.02 Å². The molecule has 2 aromatic rings. The lowest BCUT2D eigenvalue weighted by Gasteiger charge is -2.11. The van der Waals surface area contributed by atoms with Crippen molar-refractivity contribution < 1.29 is 4.39 Å². The molecule has 1 unspecified atom stereocenters. The van der Waals surface area contributed by atoms with Crippen LogP contribution in [0.1, 0.15) is 17.3 Å².